The number of benzene rings is 1. The maximum absolute atomic E-state index is 5.89. The Balaban J connectivity index is 1.22. The highest BCUT2D eigenvalue weighted by Gasteiger charge is 2.04. The van der Waals surface area contributed by atoms with E-state index in [1.54, 1.807) is 0 Å². The molecule has 1 N–H and O–H groups in total. The van der Waals surface area contributed by atoms with Crippen LogP contribution in [-0.4, -0.2) is 25.7 Å². The van der Waals surface area contributed by atoms with Gasteiger partial charge in [0.25, 0.3) is 0 Å². The highest BCUT2D eigenvalue weighted by atomic mass is 16.5. The first kappa shape index (κ1) is 18.3. The van der Waals surface area contributed by atoms with E-state index >= 15 is 0 Å². The largest absolute Gasteiger partial charge is 0.487 e. The second-order valence-corrected chi connectivity index (χ2v) is 6.89. The van der Waals surface area contributed by atoms with Crippen molar-refractivity contribution < 1.29 is 4.74 Å². The van der Waals surface area contributed by atoms with Crippen molar-refractivity contribution in [1.82, 2.24) is 24.5 Å². The van der Waals surface area contributed by atoms with E-state index in [1.807, 2.05) is 58.1 Å². The minimum absolute atomic E-state index is 0.464. The van der Waals surface area contributed by atoms with Crippen LogP contribution in [0.15, 0.2) is 67.3 Å². The molecule has 0 spiro atoms. The second-order valence-electron chi connectivity index (χ2n) is 6.89. The normalized spacial score (nSPS) is 11.2. The first-order valence-electron chi connectivity index (χ1n) is 9.61. The van der Waals surface area contributed by atoms with Gasteiger partial charge in [0.05, 0.1) is 5.69 Å². The molecule has 1 aromatic carbocycles. The monoisotopic (exact) mass is 375 g/mol. The van der Waals surface area contributed by atoms with Gasteiger partial charge in [0.2, 0.25) is 0 Å². The number of hydrogen-bond donors (Lipinski definition) is 1. The van der Waals surface area contributed by atoms with Gasteiger partial charge in [-0.3, -0.25) is 4.68 Å². The Kier molecular flexibility index (Phi) is 5.68. The predicted octanol–water partition coefficient (Wildman–Crippen LogP) is 3.60. The van der Waals surface area contributed by atoms with Crippen molar-refractivity contribution in [2.45, 2.75) is 33.0 Å². The molecule has 0 aliphatic heterocycles. The van der Waals surface area contributed by atoms with Crippen LogP contribution in [0.3, 0.4) is 0 Å². The first-order valence-corrected chi connectivity index (χ1v) is 9.61. The minimum Gasteiger partial charge on any atom is -0.487 e. The van der Waals surface area contributed by atoms with Crippen LogP contribution in [0.4, 0.5) is 0 Å². The molecule has 144 valence electrons. The smallest absolute Gasteiger partial charge is 0.140 e. The van der Waals surface area contributed by atoms with Crippen molar-refractivity contribution in [3.8, 4) is 5.75 Å². The number of nitrogens with zero attached hydrogens (tertiary/aromatic N) is 4. The Labute approximate surface area is 164 Å². The summed E-state index contributed by atoms with van der Waals surface area (Å²) in [6.07, 6.45) is 8.89. The van der Waals surface area contributed by atoms with Crippen LogP contribution >= 0.6 is 0 Å². The van der Waals surface area contributed by atoms with Crippen LogP contribution in [0.1, 0.15) is 23.2 Å². The van der Waals surface area contributed by atoms with Gasteiger partial charge in [-0.05, 0) is 55.3 Å². The van der Waals surface area contributed by atoms with E-state index in [0.29, 0.717) is 6.61 Å². The number of pyridine rings is 1. The molecule has 6 nitrogen and oxygen atoms in total. The molecular weight excluding hydrogens is 350 g/mol. The highest BCUT2D eigenvalue weighted by Crippen LogP contribution is 2.15. The fourth-order valence-corrected chi connectivity index (χ4v) is 3.17. The molecule has 4 rings (SSSR count). The molecule has 6 heteroatoms. The average Bonchev–Trinajstić information content (AvgIpc) is 3.37. The molecule has 4 aromatic rings. The SMILES string of the molecule is Cc1cccn2cc(COc3ccc(CNCCCn4cccn4)cc3)nc12. The van der Waals surface area contributed by atoms with Crippen molar-refractivity contribution >= 4 is 5.65 Å². The van der Waals surface area contributed by atoms with Gasteiger partial charge in [-0.2, -0.15) is 5.10 Å². The summed E-state index contributed by atoms with van der Waals surface area (Å²) < 4.78 is 9.89. The maximum atomic E-state index is 5.89. The molecule has 0 saturated heterocycles. The summed E-state index contributed by atoms with van der Waals surface area (Å²) in [5.41, 5.74) is 4.32. The first-order chi connectivity index (χ1) is 13.8. The van der Waals surface area contributed by atoms with Gasteiger partial charge in [0, 0.05) is 37.9 Å². The molecule has 0 unspecified atom stereocenters. The van der Waals surface area contributed by atoms with Crippen LogP contribution in [0.25, 0.3) is 5.65 Å². The zero-order valence-electron chi connectivity index (χ0n) is 16.1. The summed E-state index contributed by atoms with van der Waals surface area (Å²) in [7, 11) is 0. The zero-order valence-corrected chi connectivity index (χ0v) is 16.1. The third-order valence-electron chi connectivity index (χ3n) is 4.67. The number of aromatic nitrogens is 4. The summed E-state index contributed by atoms with van der Waals surface area (Å²) in [6, 6.07) is 14.3. The Morgan fingerprint density at radius 1 is 1.07 bits per heavy atom. The summed E-state index contributed by atoms with van der Waals surface area (Å²) >= 11 is 0. The van der Waals surface area contributed by atoms with Gasteiger partial charge >= 0.3 is 0 Å². The molecule has 3 aromatic heterocycles. The Morgan fingerprint density at radius 3 is 2.75 bits per heavy atom. The van der Waals surface area contributed by atoms with Crippen LogP contribution in [0, 0.1) is 6.92 Å². The van der Waals surface area contributed by atoms with Crippen molar-refractivity contribution in [2.75, 3.05) is 6.54 Å². The average molecular weight is 375 g/mol. The molecule has 0 fully saturated rings. The van der Waals surface area contributed by atoms with Crippen molar-refractivity contribution in [2.24, 2.45) is 0 Å². The lowest BCUT2D eigenvalue weighted by Crippen LogP contribution is -2.16. The predicted molar refractivity (Wildman–Crippen MR) is 109 cm³/mol. The van der Waals surface area contributed by atoms with Gasteiger partial charge < -0.3 is 14.5 Å². The van der Waals surface area contributed by atoms with E-state index in [4.69, 9.17) is 4.74 Å². The van der Waals surface area contributed by atoms with Crippen molar-refractivity contribution in [1.29, 1.82) is 0 Å². The Morgan fingerprint density at radius 2 is 1.96 bits per heavy atom. The molecule has 3 heterocycles. The molecule has 28 heavy (non-hydrogen) atoms. The number of aryl methyl sites for hydroxylation is 2. The van der Waals surface area contributed by atoms with E-state index in [1.165, 1.54) is 5.56 Å². The number of nitrogens with one attached hydrogen (secondary N) is 1. The van der Waals surface area contributed by atoms with E-state index < -0.39 is 0 Å². The van der Waals surface area contributed by atoms with Gasteiger partial charge in [-0.1, -0.05) is 18.2 Å². The second kappa shape index (κ2) is 8.71. The highest BCUT2D eigenvalue weighted by molar-refractivity contribution is 5.47. The van der Waals surface area contributed by atoms with E-state index in [2.05, 4.69) is 40.5 Å². The third kappa shape index (κ3) is 4.58. The fourth-order valence-electron chi connectivity index (χ4n) is 3.17. The van der Waals surface area contributed by atoms with Gasteiger partial charge in [-0.25, -0.2) is 4.98 Å². The number of imidazole rings is 1. The minimum atomic E-state index is 0.464. The quantitative estimate of drug-likeness (QED) is 0.454. The third-order valence-corrected chi connectivity index (χ3v) is 4.67. The summed E-state index contributed by atoms with van der Waals surface area (Å²) in [6.45, 7) is 5.29. The molecule has 0 radical (unpaired) electrons. The summed E-state index contributed by atoms with van der Waals surface area (Å²) in [4.78, 5) is 4.64. The van der Waals surface area contributed by atoms with Gasteiger partial charge in [0.15, 0.2) is 0 Å². The summed E-state index contributed by atoms with van der Waals surface area (Å²) in [5.74, 6) is 0.858. The van der Waals surface area contributed by atoms with Crippen LogP contribution in [0.2, 0.25) is 0 Å². The van der Waals surface area contributed by atoms with Crippen LogP contribution in [-0.2, 0) is 19.7 Å². The number of hydrogen-bond acceptors (Lipinski definition) is 4. The van der Waals surface area contributed by atoms with E-state index in [-0.39, 0.29) is 0 Å². The van der Waals surface area contributed by atoms with E-state index in [0.717, 1.165) is 48.7 Å². The number of rotatable bonds is 9. The fraction of sp³-hybridized carbons (Fsp3) is 0.273. The molecule has 0 aliphatic carbocycles. The molecule has 0 aliphatic rings. The van der Waals surface area contributed by atoms with Gasteiger partial charge in [0.1, 0.15) is 18.0 Å². The zero-order chi connectivity index (χ0) is 19.2. The number of ether oxygens (including phenoxy) is 1. The molecule has 0 saturated carbocycles. The molecule has 0 amide bonds. The Bertz CT molecular complexity index is 1010. The molecule has 0 atom stereocenters. The van der Waals surface area contributed by atoms with Crippen LogP contribution in [0.5, 0.6) is 5.75 Å². The van der Waals surface area contributed by atoms with Crippen molar-refractivity contribution in [3.63, 3.8) is 0 Å². The van der Waals surface area contributed by atoms with Crippen molar-refractivity contribution in [3.05, 3.63) is 84.1 Å². The van der Waals surface area contributed by atoms with Crippen LogP contribution < -0.4 is 10.1 Å². The lowest BCUT2D eigenvalue weighted by atomic mass is 10.2. The number of fused-ring (bicyclic) bond motifs is 1. The van der Waals surface area contributed by atoms with Gasteiger partial charge in [-0.15, -0.1) is 0 Å². The molecule has 0 bridgehead atoms. The topological polar surface area (TPSA) is 56.4 Å². The lowest BCUT2D eigenvalue weighted by molar-refractivity contribution is 0.302. The standard InChI is InChI=1S/C22H25N5O/c1-18-5-2-12-26-16-20(25-22(18)26)17-28-21-8-6-19(7-9-21)15-23-10-3-13-27-14-4-11-24-27/h2,4-9,11-12,14,16,23H,3,10,13,15,17H2,1H3. The molecular formula is C22H25N5O. The lowest BCUT2D eigenvalue weighted by Gasteiger charge is -2.07. The Hall–Kier alpha value is -3.12. The summed E-state index contributed by atoms with van der Waals surface area (Å²) in [5, 5.41) is 7.67. The maximum Gasteiger partial charge on any atom is 0.140 e. The van der Waals surface area contributed by atoms with E-state index in [9.17, 15) is 0 Å².